The highest BCUT2D eigenvalue weighted by Crippen LogP contribution is 2.30. The molecule has 10 heteroatoms. The van der Waals surface area contributed by atoms with E-state index >= 15 is 0 Å². The first-order chi connectivity index (χ1) is 8.04. The summed E-state index contributed by atoms with van der Waals surface area (Å²) < 4.78 is 36.9. The van der Waals surface area contributed by atoms with Gasteiger partial charge in [0.15, 0.2) is 15.8 Å². The zero-order valence-corrected chi connectivity index (χ0v) is 11.1. The first-order valence-corrected chi connectivity index (χ1v) is 6.01. The molecule has 1 heterocycles. The molecule has 0 saturated carbocycles. The maximum atomic E-state index is 12.3. The summed E-state index contributed by atoms with van der Waals surface area (Å²) in [5.74, 6) is -0.937. The number of amides is 1. The van der Waals surface area contributed by atoms with Gasteiger partial charge in [0.1, 0.15) is 4.34 Å². The fraction of sp³-hybridized carbons (Fsp3) is 0.500. The van der Waals surface area contributed by atoms with Gasteiger partial charge in [0.05, 0.1) is 6.54 Å². The van der Waals surface area contributed by atoms with Crippen molar-refractivity contribution >= 4 is 40.4 Å². The average molecular weight is 323 g/mol. The molecule has 0 saturated heterocycles. The molecule has 4 nitrogen and oxygen atoms in total. The van der Waals surface area contributed by atoms with Crippen molar-refractivity contribution in [3.05, 3.63) is 14.5 Å². The second kappa shape index (κ2) is 5.20. The lowest BCUT2D eigenvalue weighted by atomic mass is 10.1. The third-order valence-electron chi connectivity index (χ3n) is 1.98. The van der Waals surface area contributed by atoms with Gasteiger partial charge in [0, 0.05) is 0 Å². The van der Waals surface area contributed by atoms with Gasteiger partial charge in [-0.05, 0) is 6.92 Å². The fourth-order valence-corrected chi connectivity index (χ4v) is 2.15. The highest BCUT2D eigenvalue weighted by atomic mass is 35.5. The topological polar surface area (TPSA) is 62.2 Å². The minimum atomic E-state index is -4.86. The van der Waals surface area contributed by atoms with Gasteiger partial charge in [0.25, 0.3) is 5.91 Å². The summed E-state index contributed by atoms with van der Waals surface area (Å²) in [5, 5.41) is 11.0. The molecule has 1 atom stereocenters. The molecule has 0 fully saturated rings. The standard InChI is InChI=1S/C8H7Cl2F3N2O2S/c1-7(17,8(11,12)13)2-14-5(16)3-4(9)18-6(10)15-3/h17H,2H2,1H3,(H,14,16)/t7-/m0/s1. The van der Waals surface area contributed by atoms with Gasteiger partial charge in [-0.15, -0.1) is 0 Å². The van der Waals surface area contributed by atoms with Crippen molar-refractivity contribution in [3.63, 3.8) is 0 Å². The van der Waals surface area contributed by atoms with Crippen molar-refractivity contribution in [1.82, 2.24) is 10.3 Å². The van der Waals surface area contributed by atoms with Gasteiger partial charge in [-0.1, -0.05) is 34.5 Å². The predicted octanol–water partition coefficient (Wildman–Crippen LogP) is 2.49. The van der Waals surface area contributed by atoms with E-state index in [4.69, 9.17) is 28.3 Å². The fourth-order valence-electron chi connectivity index (χ4n) is 0.853. The number of hydrogen-bond acceptors (Lipinski definition) is 4. The molecule has 2 N–H and O–H groups in total. The summed E-state index contributed by atoms with van der Waals surface area (Å²) in [7, 11) is 0. The summed E-state index contributed by atoms with van der Waals surface area (Å²) in [6.45, 7) is -0.469. The predicted molar refractivity (Wildman–Crippen MR) is 61.1 cm³/mol. The van der Waals surface area contributed by atoms with Crippen LogP contribution in [0.4, 0.5) is 13.2 Å². The van der Waals surface area contributed by atoms with Gasteiger partial charge in [0.2, 0.25) is 0 Å². The summed E-state index contributed by atoms with van der Waals surface area (Å²) >= 11 is 11.9. The Balaban J connectivity index is 2.71. The Morgan fingerprint density at radius 1 is 1.50 bits per heavy atom. The molecule has 102 valence electrons. The first kappa shape index (κ1) is 15.5. The Bertz CT molecular complexity index is 462. The number of aliphatic hydroxyl groups is 1. The minimum absolute atomic E-state index is 0.00673. The van der Waals surface area contributed by atoms with Gasteiger partial charge >= 0.3 is 6.18 Å². The highest BCUT2D eigenvalue weighted by molar-refractivity contribution is 7.19. The van der Waals surface area contributed by atoms with Gasteiger partial charge in [-0.3, -0.25) is 4.79 Å². The van der Waals surface area contributed by atoms with Gasteiger partial charge in [-0.2, -0.15) is 13.2 Å². The highest BCUT2D eigenvalue weighted by Gasteiger charge is 2.50. The molecule has 0 aliphatic carbocycles. The molecule has 0 aliphatic rings. The summed E-state index contributed by atoms with van der Waals surface area (Å²) in [5.41, 5.74) is -3.31. The number of hydrogen-bond donors (Lipinski definition) is 2. The van der Waals surface area contributed by atoms with Crippen LogP contribution in [0, 0.1) is 0 Å². The molecule has 1 rings (SSSR count). The van der Waals surface area contributed by atoms with E-state index in [0.717, 1.165) is 11.3 Å². The van der Waals surface area contributed by atoms with Crippen LogP contribution in [0.25, 0.3) is 0 Å². The van der Waals surface area contributed by atoms with Crippen molar-refractivity contribution in [2.45, 2.75) is 18.7 Å². The molecule has 0 radical (unpaired) electrons. The van der Waals surface area contributed by atoms with E-state index in [0.29, 0.717) is 6.92 Å². The molecule has 0 aliphatic heterocycles. The van der Waals surface area contributed by atoms with Crippen molar-refractivity contribution < 1.29 is 23.1 Å². The maximum Gasteiger partial charge on any atom is 0.418 e. The van der Waals surface area contributed by atoms with Crippen LogP contribution in [0.3, 0.4) is 0 Å². The number of carbonyl (C=O) groups is 1. The third-order valence-corrected chi connectivity index (χ3v) is 3.34. The van der Waals surface area contributed by atoms with Crippen LogP contribution in [0.1, 0.15) is 17.4 Å². The molecule has 0 aromatic carbocycles. The van der Waals surface area contributed by atoms with E-state index in [1.165, 1.54) is 0 Å². The molecule has 1 aromatic rings. The number of alkyl halides is 3. The Hall–Kier alpha value is -0.570. The summed E-state index contributed by atoms with van der Waals surface area (Å²) in [6, 6.07) is 0. The van der Waals surface area contributed by atoms with E-state index in [1.54, 1.807) is 0 Å². The van der Waals surface area contributed by atoms with Crippen molar-refractivity contribution in [2.75, 3.05) is 6.54 Å². The van der Waals surface area contributed by atoms with Crippen LogP contribution in [-0.4, -0.2) is 34.3 Å². The van der Waals surface area contributed by atoms with Gasteiger partial charge < -0.3 is 10.4 Å². The Kier molecular flexibility index (Phi) is 4.47. The number of nitrogens with zero attached hydrogens (tertiary/aromatic N) is 1. The van der Waals surface area contributed by atoms with E-state index in [2.05, 4.69) is 4.98 Å². The minimum Gasteiger partial charge on any atom is -0.379 e. The van der Waals surface area contributed by atoms with Gasteiger partial charge in [-0.25, -0.2) is 4.98 Å². The zero-order valence-electron chi connectivity index (χ0n) is 8.81. The van der Waals surface area contributed by atoms with Crippen molar-refractivity contribution in [2.24, 2.45) is 0 Å². The van der Waals surface area contributed by atoms with Crippen LogP contribution in [-0.2, 0) is 0 Å². The number of rotatable bonds is 3. The molecule has 18 heavy (non-hydrogen) atoms. The van der Waals surface area contributed by atoms with E-state index < -0.39 is 24.2 Å². The lowest BCUT2D eigenvalue weighted by Gasteiger charge is -2.26. The molecular formula is C8H7Cl2F3N2O2S. The van der Waals surface area contributed by atoms with Crippen LogP contribution >= 0.6 is 34.5 Å². The Morgan fingerprint density at radius 2 is 2.06 bits per heavy atom. The Morgan fingerprint density at radius 3 is 2.44 bits per heavy atom. The molecule has 1 aromatic heterocycles. The van der Waals surface area contributed by atoms with Crippen LogP contribution < -0.4 is 5.32 Å². The SMILES string of the molecule is C[C@](O)(CNC(=O)c1nc(Cl)sc1Cl)C(F)(F)F. The number of nitrogens with one attached hydrogen (secondary N) is 1. The van der Waals surface area contributed by atoms with Crippen LogP contribution in [0.15, 0.2) is 0 Å². The maximum absolute atomic E-state index is 12.3. The number of aromatic nitrogens is 1. The third kappa shape index (κ3) is 3.47. The largest absolute Gasteiger partial charge is 0.418 e. The smallest absolute Gasteiger partial charge is 0.379 e. The number of thiazole rings is 1. The van der Waals surface area contributed by atoms with Crippen LogP contribution in [0.5, 0.6) is 0 Å². The van der Waals surface area contributed by atoms with E-state index in [-0.39, 0.29) is 14.5 Å². The summed E-state index contributed by atoms with van der Waals surface area (Å²) in [4.78, 5) is 15.0. The monoisotopic (exact) mass is 322 g/mol. The number of halogens is 5. The lowest BCUT2D eigenvalue weighted by Crippen LogP contribution is -2.51. The van der Waals surface area contributed by atoms with E-state index in [9.17, 15) is 18.0 Å². The molecule has 0 unspecified atom stereocenters. The molecule has 0 spiro atoms. The van der Waals surface area contributed by atoms with Crippen molar-refractivity contribution in [1.29, 1.82) is 0 Å². The van der Waals surface area contributed by atoms with Crippen molar-refractivity contribution in [3.8, 4) is 0 Å². The second-order valence-electron chi connectivity index (χ2n) is 3.54. The average Bonchev–Trinajstić information content (AvgIpc) is 2.53. The lowest BCUT2D eigenvalue weighted by molar-refractivity contribution is -0.249. The first-order valence-electron chi connectivity index (χ1n) is 4.44. The summed E-state index contributed by atoms with van der Waals surface area (Å²) in [6.07, 6.45) is -4.86. The Labute approximate surface area is 114 Å². The molecule has 0 bridgehead atoms. The second-order valence-corrected chi connectivity index (χ2v) is 5.73. The zero-order chi connectivity index (χ0) is 14.1. The molecular weight excluding hydrogens is 316 g/mol. The van der Waals surface area contributed by atoms with E-state index in [1.807, 2.05) is 5.32 Å². The quantitative estimate of drug-likeness (QED) is 0.898. The van der Waals surface area contributed by atoms with Crippen LogP contribution in [0.2, 0.25) is 8.80 Å². The normalized spacial score (nSPS) is 15.3. The number of carbonyl (C=O) groups excluding carboxylic acids is 1. The molecule has 1 amide bonds.